The molecule has 0 bridgehead atoms. The molecule has 0 spiro atoms. The Morgan fingerprint density at radius 1 is 1.11 bits per heavy atom. The molecule has 0 unspecified atom stereocenters. The van der Waals surface area contributed by atoms with E-state index in [2.05, 4.69) is 50.1 Å². The van der Waals surface area contributed by atoms with Crippen molar-refractivity contribution in [1.82, 2.24) is 19.8 Å². The molecule has 0 fully saturated rings. The van der Waals surface area contributed by atoms with Crippen LogP contribution >= 0.6 is 0 Å². The standard InChI is InChI=1S/C23H28N4O/c1-26-21-10-5-4-9-20(21)25-22(26)11-12-23(28)24-14-6-15-27-16-13-18-7-2-3-8-19(18)17-27/h2-5,7-10H,6,11-17H2,1H3,(H,24,28). The van der Waals surface area contributed by atoms with Gasteiger partial charge in [-0.2, -0.15) is 0 Å². The fraction of sp³-hybridized carbons (Fsp3) is 0.391. The summed E-state index contributed by atoms with van der Waals surface area (Å²) in [6, 6.07) is 16.8. The third kappa shape index (κ3) is 4.25. The van der Waals surface area contributed by atoms with Gasteiger partial charge in [0.25, 0.3) is 0 Å². The van der Waals surface area contributed by atoms with Crippen LogP contribution in [0, 0.1) is 0 Å². The van der Waals surface area contributed by atoms with Gasteiger partial charge in [0.05, 0.1) is 11.0 Å². The minimum Gasteiger partial charge on any atom is -0.356 e. The second kappa shape index (κ2) is 8.57. The third-order valence-electron chi connectivity index (χ3n) is 5.64. The van der Waals surface area contributed by atoms with Crippen molar-refractivity contribution < 1.29 is 4.79 Å². The lowest BCUT2D eigenvalue weighted by atomic mass is 10.00. The first-order chi connectivity index (χ1) is 13.7. The molecular formula is C23H28N4O. The van der Waals surface area contributed by atoms with E-state index >= 15 is 0 Å². The lowest BCUT2D eigenvalue weighted by Gasteiger charge is -2.28. The van der Waals surface area contributed by atoms with Crippen LogP contribution in [0.5, 0.6) is 0 Å². The SMILES string of the molecule is Cn1c(CCC(=O)NCCCN2CCc3ccccc3C2)nc2ccccc21. The Morgan fingerprint density at radius 2 is 1.89 bits per heavy atom. The van der Waals surface area contributed by atoms with E-state index in [0.29, 0.717) is 12.8 Å². The molecular weight excluding hydrogens is 348 g/mol. The number of nitrogens with one attached hydrogen (secondary N) is 1. The van der Waals surface area contributed by atoms with E-state index < -0.39 is 0 Å². The number of fused-ring (bicyclic) bond motifs is 2. The van der Waals surface area contributed by atoms with Gasteiger partial charge in [0.2, 0.25) is 5.91 Å². The summed E-state index contributed by atoms with van der Waals surface area (Å²) < 4.78 is 2.08. The Labute approximate surface area is 166 Å². The third-order valence-corrected chi connectivity index (χ3v) is 5.64. The zero-order valence-electron chi connectivity index (χ0n) is 16.5. The number of carbonyl (C=O) groups excluding carboxylic acids is 1. The molecule has 0 saturated carbocycles. The Morgan fingerprint density at radius 3 is 2.75 bits per heavy atom. The van der Waals surface area contributed by atoms with E-state index in [1.54, 1.807) is 0 Å². The highest BCUT2D eigenvalue weighted by Crippen LogP contribution is 2.18. The van der Waals surface area contributed by atoms with Crippen LogP contribution in [0.25, 0.3) is 11.0 Å². The summed E-state index contributed by atoms with van der Waals surface area (Å²) in [5.41, 5.74) is 5.03. The van der Waals surface area contributed by atoms with Gasteiger partial charge >= 0.3 is 0 Å². The van der Waals surface area contributed by atoms with E-state index in [4.69, 9.17) is 0 Å². The van der Waals surface area contributed by atoms with Crippen LogP contribution < -0.4 is 5.32 Å². The van der Waals surface area contributed by atoms with E-state index in [-0.39, 0.29) is 5.91 Å². The molecule has 1 aliphatic heterocycles. The second-order valence-corrected chi connectivity index (χ2v) is 7.57. The van der Waals surface area contributed by atoms with Crippen LogP contribution in [-0.4, -0.2) is 40.0 Å². The average molecular weight is 377 g/mol. The van der Waals surface area contributed by atoms with Gasteiger partial charge in [-0.25, -0.2) is 4.98 Å². The highest BCUT2D eigenvalue weighted by molar-refractivity contribution is 5.77. The number of nitrogens with zero attached hydrogens (tertiary/aromatic N) is 3. The lowest BCUT2D eigenvalue weighted by molar-refractivity contribution is -0.121. The van der Waals surface area contributed by atoms with Crippen LogP contribution in [0.15, 0.2) is 48.5 Å². The number of aryl methyl sites for hydroxylation is 2. The maximum atomic E-state index is 12.2. The molecule has 146 valence electrons. The van der Waals surface area contributed by atoms with Crippen LogP contribution in [0.4, 0.5) is 0 Å². The van der Waals surface area contributed by atoms with Crippen molar-refractivity contribution in [2.24, 2.45) is 7.05 Å². The van der Waals surface area contributed by atoms with E-state index in [0.717, 1.165) is 55.9 Å². The van der Waals surface area contributed by atoms with Gasteiger partial charge < -0.3 is 9.88 Å². The molecule has 5 nitrogen and oxygen atoms in total. The van der Waals surface area contributed by atoms with Gasteiger partial charge in [0.15, 0.2) is 0 Å². The average Bonchev–Trinajstić information content (AvgIpc) is 3.05. The van der Waals surface area contributed by atoms with E-state index in [1.165, 1.54) is 11.1 Å². The molecule has 28 heavy (non-hydrogen) atoms. The number of imidazole rings is 1. The molecule has 5 heteroatoms. The number of para-hydroxylation sites is 2. The summed E-state index contributed by atoms with van der Waals surface area (Å²) in [5, 5.41) is 3.06. The highest BCUT2D eigenvalue weighted by atomic mass is 16.1. The van der Waals surface area contributed by atoms with Gasteiger partial charge in [0.1, 0.15) is 5.82 Å². The number of rotatable bonds is 7. The zero-order chi connectivity index (χ0) is 19.3. The molecule has 1 N–H and O–H groups in total. The molecule has 0 atom stereocenters. The second-order valence-electron chi connectivity index (χ2n) is 7.57. The summed E-state index contributed by atoms with van der Waals surface area (Å²) >= 11 is 0. The number of amides is 1. The minimum atomic E-state index is 0.107. The van der Waals surface area contributed by atoms with Crippen molar-refractivity contribution >= 4 is 16.9 Å². The predicted octanol–water partition coefficient (Wildman–Crippen LogP) is 3.07. The van der Waals surface area contributed by atoms with E-state index in [1.807, 2.05) is 25.2 Å². The first-order valence-electron chi connectivity index (χ1n) is 10.2. The molecule has 0 aliphatic carbocycles. The normalized spacial score (nSPS) is 14.2. The molecule has 1 aliphatic rings. The quantitative estimate of drug-likeness (QED) is 0.645. The van der Waals surface area contributed by atoms with Gasteiger partial charge in [-0.05, 0) is 36.1 Å². The van der Waals surface area contributed by atoms with Gasteiger partial charge in [0, 0.05) is 46.1 Å². The van der Waals surface area contributed by atoms with Crippen molar-refractivity contribution in [2.45, 2.75) is 32.2 Å². The van der Waals surface area contributed by atoms with Gasteiger partial charge in [-0.15, -0.1) is 0 Å². The highest BCUT2D eigenvalue weighted by Gasteiger charge is 2.15. The van der Waals surface area contributed by atoms with Crippen molar-refractivity contribution in [3.63, 3.8) is 0 Å². The maximum absolute atomic E-state index is 12.2. The van der Waals surface area contributed by atoms with Gasteiger partial charge in [-0.1, -0.05) is 36.4 Å². The Hall–Kier alpha value is -2.66. The first kappa shape index (κ1) is 18.7. The van der Waals surface area contributed by atoms with Crippen molar-refractivity contribution in [3.05, 3.63) is 65.5 Å². The van der Waals surface area contributed by atoms with Crippen molar-refractivity contribution in [3.8, 4) is 0 Å². The molecule has 0 saturated heterocycles. The van der Waals surface area contributed by atoms with Crippen LogP contribution in [0.3, 0.4) is 0 Å². The Bertz CT molecular complexity index is 962. The summed E-state index contributed by atoms with van der Waals surface area (Å²) in [7, 11) is 2.01. The summed E-state index contributed by atoms with van der Waals surface area (Å²) in [6.07, 6.45) is 3.26. The summed E-state index contributed by atoms with van der Waals surface area (Å²) in [5.74, 6) is 1.07. The van der Waals surface area contributed by atoms with Crippen LogP contribution in [0.2, 0.25) is 0 Å². The van der Waals surface area contributed by atoms with Crippen LogP contribution in [0.1, 0.15) is 29.8 Å². The van der Waals surface area contributed by atoms with Gasteiger partial charge in [-0.3, -0.25) is 9.69 Å². The first-order valence-corrected chi connectivity index (χ1v) is 10.2. The molecule has 0 radical (unpaired) electrons. The lowest BCUT2D eigenvalue weighted by Crippen LogP contribution is -2.33. The monoisotopic (exact) mass is 376 g/mol. The predicted molar refractivity (Wildman–Crippen MR) is 112 cm³/mol. The Kier molecular flexibility index (Phi) is 5.72. The topological polar surface area (TPSA) is 50.2 Å². The Balaban J connectivity index is 1.18. The number of hydrogen-bond donors (Lipinski definition) is 1. The smallest absolute Gasteiger partial charge is 0.220 e. The summed E-state index contributed by atoms with van der Waals surface area (Å²) in [4.78, 5) is 19.3. The summed E-state index contributed by atoms with van der Waals surface area (Å²) in [6.45, 7) is 3.90. The van der Waals surface area contributed by atoms with Crippen LogP contribution in [-0.2, 0) is 31.2 Å². The molecule has 1 aromatic heterocycles. The molecule has 2 aromatic carbocycles. The number of carbonyl (C=O) groups is 1. The number of aromatic nitrogens is 2. The fourth-order valence-corrected chi connectivity index (χ4v) is 4.01. The molecule has 4 rings (SSSR count). The molecule has 2 heterocycles. The largest absolute Gasteiger partial charge is 0.356 e. The minimum absolute atomic E-state index is 0.107. The van der Waals surface area contributed by atoms with E-state index in [9.17, 15) is 4.79 Å². The number of benzene rings is 2. The molecule has 1 amide bonds. The van der Waals surface area contributed by atoms with Crippen molar-refractivity contribution in [1.29, 1.82) is 0 Å². The maximum Gasteiger partial charge on any atom is 0.220 e. The fourth-order valence-electron chi connectivity index (χ4n) is 4.01. The molecule has 3 aromatic rings. The number of hydrogen-bond acceptors (Lipinski definition) is 3. The van der Waals surface area contributed by atoms with Crippen molar-refractivity contribution in [2.75, 3.05) is 19.6 Å². The zero-order valence-corrected chi connectivity index (χ0v) is 16.5.